The predicted octanol–water partition coefficient (Wildman–Crippen LogP) is 1.80. The SMILES string of the molecule is O=C(O)c1nc(-c2ccccn2)n2c(O)cccc12. The first kappa shape index (κ1) is 11.2. The summed E-state index contributed by atoms with van der Waals surface area (Å²) in [4.78, 5) is 19.4. The van der Waals surface area contributed by atoms with Gasteiger partial charge in [-0.05, 0) is 24.3 Å². The zero-order valence-corrected chi connectivity index (χ0v) is 9.69. The van der Waals surface area contributed by atoms with Crippen molar-refractivity contribution in [1.82, 2.24) is 14.4 Å². The molecule has 3 aromatic rings. The van der Waals surface area contributed by atoms with Crippen molar-refractivity contribution >= 4 is 11.5 Å². The highest BCUT2D eigenvalue weighted by molar-refractivity contribution is 5.95. The van der Waals surface area contributed by atoms with Gasteiger partial charge in [0.15, 0.2) is 17.4 Å². The van der Waals surface area contributed by atoms with Crippen LogP contribution in [-0.2, 0) is 0 Å². The van der Waals surface area contributed by atoms with E-state index in [0.29, 0.717) is 17.0 Å². The number of carbonyl (C=O) groups is 1. The molecule has 3 heterocycles. The number of fused-ring (bicyclic) bond motifs is 1. The number of pyridine rings is 2. The van der Waals surface area contributed by atoms with Crippen molar-refractivity contribution in [1.29, 1.82) is 0 Å². The lowest BCUT2D eigenvalue weighted by atomic mass is 10.3. The summed E-state index contributed by atoms with van der Waals surface area (Å²) in [5, 5.41) is 19.1. The number of hydrogen-bond acceptors (Lipinski definition) is 4. The van der Waals surface area contributed by atoms with Gasteiger partial charge in [-0.2, -0.15) is 0 Å². The van der Waals surface area contributed by atoms with Gasteiger partial charge in [-0.25, -0.2) is 9.78 Å². The van der Waals surface area contributed by atoms with Crippen LogP contribution in [0.15, 0.2) is 42.6 Å². The fourth-order valence-electron chi connectivity index (χ4n) is 1.94. The van der Waals surface area contributed by atoms with Crippen molar-refractivity contribution in [2.24, 2.45) is 0 Å². The number of carboxylic acids is 1. The Kier molecular flexibility index (Phi) is 2.42. The maximum atomic E-state index is 11.2. The van der Waals surface area contributed by atoms with E-state index in [9.17, 15) is 9.90 Å². The summed E-state index contributed by atoms with van der Waals surface area (Å²) in [5.41, 5.74) is 0.705. The lowest BCUT2D eigenvalue weighted by molar-refractivity contribution is 0.0693. The van der Waals surface area contributed by atoms with Gasteiger partial charge in [-0.1, -0.05) is 12.1 Å². The summed E-state index contributed by atoms with van der Waals surface area (Å²) in [6.07, 6.45) is 1.58. The number of hydrogen-bond donors (Lipinski definition) is 2. The van der Waals surface area contributed by atoms with E-state index in [0.717, 1.165) is 0 Å². The van der Waals surface area contributed by atoms with Crippen LogP contribution in [0, 0.1) is 0 Å². The molecule has 0 fully saturated rings. The molecule has 2 N–H and O–H groups in total. The van der Waals surface area contributed by atoms with Crippen LogP contribution in [0.5, 0.6) is 5.88 Å². The normalized spacial score (nSPS) is 10.7. The summed E-state index contributed by atoms with van der Waals surface area (Å²) in [7, 11) is 0. The monoisotopic (exact) mass is 255 g/mol. The molecular formula is C13H9N3O3. The first-order valence-corrected chi connectivity index (χ1v) is 5.53. The molecular weight excluding hydrogens is 246 g/mol. The van der Waals surface area contributed by atoms with Crippen molar-refractivity contribution in [3.63, 3.8) is 0 Å². The molecule has 6 nitrogen and oxygen atoms in total. The van der Waals surface area contributed by atoms with Gasteiger partial charge in [0, 0.05) is 6.20 Å². The van der Waals surface area contributed by atoms with E-state index in [1.165, 1.54) is 10.5 Å². The third-order valence-corrected chi connectivity index (χ3v) is 2.74. The molecule has 3 rings (SSSR count). The molecule has 19 heavy (non-hydrogen) atoms. The first-order chi connectivity index (χ1) is 9.18. The average Bonchev–Trinajstić information content (AvgIpc) is 2.81. The van der Waals surface area contributed by atoms with Gasteiger partial charge in [0.2, 0.25) is 0 Å². The molecule has 0 radical (unpaired) electrons. The molecule has 0 aliphatic carbocycles. The van der Waals surface area contributed by atoms with E-state index in [1.807, 2.05) is 0 Å². The molecule has 0 aliphatic heterocycles. The molecule has 0 amide bonds. The Morgan fingerprint density at radius 2 is 2.00 bits per heavy atom. The van der Waals surface area contributed by atoms with E-state index < -0.39 is 5.97 Å². The second-order valence-electron chi connectivity index (χ2n) is 3.91. The predicted molar refractivity (Wildman–Crippen MR) is 67.0 cm³/mol. The zero-order chi connectivity index (χ0) is 13.4. The molecule has 94 valence electrons. The van der Waals surface area contributed by atoms with Gasteiger partial charge in [0.05, 0.1) is 5.52 Å². The summed E-state index contributed by atoms with van der Waals surface area (Å²) >= 11 is 0. The third-order valence-electron chi connectivity index (χ3n) is 2.74. The second-order valence-corrected chi connectivity index (χ2v) is 3.91. The fourth-order valence-corrected chi connectivity index (χ4v) is 1.94. The van der Waals surface area contributed by atoms with Crippen LogP contribution in [0.2, 0.25) is 0 Å². The largest absolute Gasteiger partial charge is 0.494 e. The molecule has 0 atom stereocenters. The molecule has 0 spiro atoms. The quantitative estimate of drug-likeness (QED) is 0.729. The zero-order valence-electron chi connectivity index (χ0n) is 9.69. The van der Waals surface area contributed by atoms with Gasteiger partial charge in [0.1, 0.15) is 5.69 Å². The lowest BCUT2D eigenvalue weighted by Crippen LogP contribution is -1.97. The molecule has 0 aromatic carbocycles. The summed E-state index contributed by atoms with van der Waals surface area (Å²) < 4.78 is 1.37. The standard InChI is InChI=1S/C13H9N3O3/c17-10-6-3-5-9-11(13(18)19)15-12(16(9)10)8-4-1-2-7-14-8/h1-7,17H,(H,18,19). The van der Waals surface area contributed by atoms with Crippen molar-refractivity contribution in [3.8, 4) is 17.4 Å². The molecule has 0 unspecified atom stereocenters. The van der Waals surface area contributed by atoms with Crippen molar-refractivity contribution in [3.05, 3.63) is 48.3 Å². The number of carboxylic acid groups (broad SMARTS) is 1. The van der Waals surface area contributed by atoms with Crippen molar-refractivity contribution < 1.29 is 15.0 Å². The number of aromatic hydroxyl groups is 1. The fraction of sp³-hybridized carbons (Fsp3) is 0. The molecule has 3 aromatic heterocycles. The number of rotatable bonds is 2. The minimum Gasteiger partial charge on any atom is -0.494 e. The Morgan fingerprint density at radius 1 is 1.16 bits per heavy atom. The van der Waals surface area contributed by atoms with Crippen LogP contribution in [0.1, 0.15) is 10.5 Å². The summed E-state index contributed by atoms with van der Waals surface area (Å²) in [5.74, 6) is -0.936. The number of aromatic carboxylic acids is 1. The van der Waals surface area contributed by atoms with Crippen LogP contribution in [0.25, 0.3) is 17.0 Å². The van der Waals surface area contributed by atoms with Crippen LogP contribution in [0.4, 0.5) is 0 Å². The highest BCUT2D eigenvalue weighted by atomic mass is 16.4. The minimum absolute atomic E-state index is 0.0850. The van der Waals surface area contributed by atoms with Crippen LogP contribution in [0.3, 0.4) is 0 Å². The van der Waals surface area contributed by atoms with Gasteiger partial charge < -0.3 is 10.2 Å². The minimum atomic E-state index is -1.15. The lowest BCUT2D eigenvalue weighted by Gasteiger charge is -2.02. The average molecular weight is 255 g/mol. The Morgan fingerprint density at radius 3 is 2.68 bits per heavy atom. The van der Waals surface area contributed by atoms with Gasteiger partial charge in [0.25, 0.3) is 0 Å². The maximum Gasteiger partial charge on any atom is 0.356 e. The third kappa shape index (κ3) is 1.70. The van der Waals surface area contributed by atoms with E-state index in [4.69, 9.17) is 5.11 Å². The number of nitrogens with zero attached hydrogens (tertiary/aromatic N) is 3. The first-order valence-electron chi connectivity index (χ1n) is 5.53. The topological polar surface area (TPSA) is 87.7 Å². The van der Waals surface area contributed by atoms with Crippen molar-refractivity contribution in [2.75, 3.05) is 0 Å². The molecule has 0 bridgehead atoms. The number of imidazole rings is 1. The molecule has 0 saturated heterocycles. The van der Waals surface area contributed by atoms with Crippen LogP contribution >= 0.6 is 0 Å². The van der Waals surface area contributed by atoms with Crippen LogP contribution in [-0.4, -0.2) is 30.6 Å². The Balaban J connectivity index is 2.40. The second kappa shape index (κ2) is 4.09. The Labute approximate surface area is 107 Å². The molecule has 0 aliphatic rings. The van der Waals surface area contributed by atoms with E-state index in [2.05, 4.69) is 9.97 Å². The van der Waals surface area contributed by atoms with Crippen LogP contribution < -0.4 is 0 Å². The Hall–Kier alpha value is -2.89. The summed E-state index contributed by atoms with van der Waals surface area (Å²) in [6.45, 7) is 0. The van der Waals surface area contributed by atoms with E-state index in [-0.39, 0.29) is 11.6 Å². The Bertz CT molecular complexity index is 765. The van der Waals surface area contributed by atoms with Crippen molar-refractivity contribution in [2.45, 2.75) is 0 Å². The number of aromatic nitrogens is 3. The molecule has 6 heteroatoms. The summed E-state index contributed by atoms with van der Waals surface area (Å²) in [6, 6.07) is 9.84. The van der Waals surface area contributed by atoms with Gasteiger partial charge in [-0.3, -0.25) is 9.38 Å². The maximum absolute atomic E-state index is 11.2. The van der Waals surface area contributed by atoms with Gasteiger partial charge >= 0.3 is 5.97 Å². The van der Waals surface area contributed by atoms with E-state index >= 15 is 0 Å². The van der Waals surface area contributed by atoms with Gasteiger partial charge in [-0.15, -0.1) is 0 Å². The molecule has 0 saturated carbocycles. The highest BCUT2D eigenvalue weighted by Gasteiger charge is 2.19. The van der Waals surface area contributed by atoms with E-state index in [1.54, 1.807) is 36.5 Å². The highest BCUT2D eigenvalue weighted by Crippen LogP contribution is 2.25. The smallest absolute Gasteiger partial charge is 0.356 e.